The van der Waals surface area contributed by atoms with Gasteiger partial charge in [0.2, 0.25) is 0 Å². The zero-order valence-electron chi connectivity index (χ0n) is 15.8. The molecule has 4 heterocycles. The van der Waals surface area contributed by atoms with Crippen LogP contribution in [0.15, 0.2) is 36.9 Å². The predicted octanol–water partition coefficient (Wildman–Crippen LogP) is 3.53. The topological polar surface area (TPSA) is 85.7 Å². The van der Waals surface area contributed by atoms with E-state index in [-0.39, 0.29) is 24.3 Å². The molecule has 0 aromatic carbocycles. The van der Waals surface area contributed by atoms with E-state index >= 15 is 0 Å². The largest absolute Gasteiger partial charge is 0.377 e. The molecule has 4 aromatic heterocycles. The monoisotopic (exact) mass is 381 g/mol. The molecule has 0 spiro atoms. The van der Waals surface area contributed by atoms with Crippen LogP contribution in [-0.2, 0) is 9.53 Å². The van der Waals surface area contributed by atoms with E-state index in [0.29, 0.717) is 28.1 Å². The van der Waals surface area contributed by atoms with E-state index < -0.39 is 5.82 Å². The average molecular weight is 381 g/mol. The van der Waals surface area contributed by atoms with Crippen molar-refractivity contribution in [2.75, 3.05) is 13.7 Å². The van der Waals surface area contributed by atoms with E-state index in [9.17, 15) is 9.18 Å². The van der Waals surface area contributed by atoms with E-state index in [1.54, 1.807) is 12.4 Å². The van der Waals surface area contributed by atoms with Gasteiger partial charge in [-0.1, -0.05) is 6.92 Å². The number of ether oxygens (including phenoxy) is 1. The number of halogens is 1. The van der Waals surface area contributed by atoms with Crippen molar-refractivity contribution < 1.29 is 13.9 Å². The SMILES string of the molecule is COCC(=O)[C@@H](C)[C@H](C)n1ccc2cnc(-c3c[nH]c4ncc(F)cc34)nc21. The first-order valence-corrected chi connectivity index (χ1v) is 8.98. The van der Waals surface area contributed by atoms with Crippen molar-refractivity contribution in [3.63, 3.8) is 0 Å². The number of fused-ring (bicyclic) bond motifs is 2. The Morgan fingerprint density at radius 1 is 1.32 bits per heavy atom. The summed E-state index contributed by atoms with van der Waals surface area (Å²) < 4.78 is 20.6. The smallest absolute Gasteiger partial charge is 0.163 e. The van der Waals surface area contributed by atoms with Crippen LogP contribution >= 0.6 is 0 Å². The van der Waals surface area contributed by atoms with Gasteiger partial charge < -0.3 is 14.3 Å². The molecular formula is C20H20FN5O2. The summed E-state index contributed by atoms with van der Waals surface area (Å²) in [6.45, 7) is 3.94. The highest BCUT2D eigenvalue weighted by atomic mass is 19.1. The quantitative estimate of drug-likeness (QED) is 0.552. The van der Waals surface area contributed by atoms with Crippen LogP contribution in [0, 0.1) is 11.7 Å². The number of aromatic amines is 1. The summed E-state index contributed by atoms with van der Waals surface area (Å²) in [7, 11) is 1.51. The predicted molar refractivity (Wildman–Crippen MR) is 103 cm³/mol. The molecule has 0 aliphatic heterocycles. The Bertz CT molecular complexity index is 1170. The van der Waals surface area contributed by atoms with Gasteiger partial charge in [-0.05, 0) is 19.1 Å². The van der Waals surface area contributed by atoms with Gasteiger partial charge in [0.05, 0.1) is 6.20 Å². The third kappa shape index (κ3) is 3.05. The van der Waals surface area contributed by atoms with Crippen molar-refractivity contribution in [1.29, 1.82) is 0 Å². The molecule has 0 unspecified atom stereocenters. The molecular weight excluding hydrogens is 361 g/mol. The number of ketones is 1. The van der Waals surface area contributed by atoms with Gasteiger partial charge >= 0.3 is 0 Å². The second-order valence-corrected chi connectivity index (χ2v) is 6.88. The van der Waals surface area contributed by atoms with Gasteiger partial charge in [0.15, 0.2) is 11.6 Å². The highest BCUT2D eigenvalue weighted by molar-refractivity contribution is 5.92. The molecule has 0 radical (unpaired) electrons. The van der Waals surface area contributed by atoms with E-state index in [2.05, 4.69) is 15.0 Å². The number of H-pyrrole nitrogens is 1. The van der Waals surface area contributed by atoms with E-state index in [1.807, 2.05) is 30.7 Å². The number of Topliss-reactive ketones (excluding diaryl/α,β-unsaturated/α-hetero) is 1. The van der Waals surface area contributed by atoms with Crippen molar-refractivity contribution in [2.45, 2.75) is 19.9 Å². The summed E-state index contributed by atoms with van der Waals surface area (Å²) in [6, 6.07) is 3.22. The normalized spacial score (nSPS) is 13.9. The number of methoxy groups -OCH3 is 1. The van der Waals surface area contributed by atoms with Gasteiger partial charge in [-0.3, -0.25) is 4.79 Å². The van der Waals surface area contributed by atoms with Crippen LogP contribution in [-0.4, -0.2) is 44.0 Å². The third-order valence-electron chi connectivity index (χ3n) is 5.15. The molecule has 0 saturated heterocycles. The van der Waals surface area contributed by atoms with Crippen molar-refractivity contribution >= 4 is 27.9 Å². The molecule has 28 heavy (non-hydrogen) atoms. The number of rotatable bonds is 6. The molecule has 1 N–H and O–H groups in total. The fraction of sp³-hybridized carbons (Fsp3) is 0.300. The average Bonchev–Trinajstić information content (AvgIpc) is 3.30. The molecule has 144 valence electrons. The lowest BCUT2D eigenvalue weighted by Gasteiger charge is -2.21. The van der Waals surface area contributed by atoms with Crippen LogP contribution < -0.4 is 0 Å². The molecule has 0 aliphatic carbocycles. The van der Waals surface area contributed by atoms with Crippen LogP contribution in [0.25, 0.3) is 33.5 Å². The maximum Gasteiger partial charge on any atom is 0.163 e. The van der Waals surface area contributed by atoms with Gasteiger partial charge in [0.25, 0.3) is 0 Å². The Morgan fingerprint density at radius 2 is 2.14 bits per heavy atom. The molecule has 4 rings (SSSR count). The lowest BCUT2D eigenvalue weighted by molar-refractivity contribution is -0.127. The zero-order chi connectivity index (χ0) is 19.8. The van der Waals surface area contributed by atoms with Crippen LogP contribution in [0.4, 0.5) is 4.39 Å². The second kappa shape index (κ2) is 7.12. The number of aromatic nitrogens is 5. The summed E-state index contributed by atoms with van der Waals surface area (Å²) in [6.07, 6.45) is 6.52. The number of hydrogen-bond acceptors (Lipinski definition) is 5. The molecule has 4 aromatic rings. The molecule has 2 atom stereocenters. The lowest BCUT2D eigenvalue weighted by Crippen LogP contribution is -2.25. The molecule has 7 nitrogen and oxygen atoms in total. The summed E-state index contributed by atoms with van der Waals surface area (Å²) in [5.74, 6) is -0.157. The van der Waals surface area contributed by atoms with E-state index in [4.69, 9.17) is 9.72 Å². The third-order valence-corrected chi connectivity index (χ3v) is 5.15. The Hall–Kier alpha value is -3.13. The van der Waals surface area contributed by atoms with Gasteiger partial charge in [-0.15, -0.1) is 0 Å². The molecule has 0 fully saturated rings. The summed E-state index contributed by atoms with van der Waals surface area (Å²) >= 11 is 0. The summed E-state index contributed by atoms with van der Waals surface area (Å²) in [4.78, 5) is 28.4. The maximum absolute atomic E-state index is 13.6. The summed E-state index contributed by atoms with van der Waals surface area (Å²) in [5, 5.41) is 1.49. The number of carbonyl (C=O) groups is 1. The number of nitrogens with zero attached hydrogens (tertiary/aromatic N) is 4. The van der Waals surface area contributed by atoms with Gasteiger partial charge in [0.1, 0.15) is 23.7 Å². The van der Waals surface area contributed by atoms with E-state index in [1.165, 1.54) is 13.2 Å². The first-order chi connectivity index (χ1) is 13.5. The standard InChI is InChI=1S/C20H20FN5O2/c1-11(17(27)10-28-3)12(2)26-5-4-13-7-22-19(25-20(13)26)16-9-24-18-15(16)6-14(21)8-23-18/h4-9,11-12H,10H2,1-3H3,(H,23,24)/t11-,12-/m0/s1. The van der Waals surface area contributed by atoms with Crippen molar-refractivity contribution in [3.05, 3.63) is 42.7 Å². The summed E-state index contributed by atoms with van der Waals surface area (Å²) in [5.41, 5.74) is 1.96. The number of hydrogen-bond donors (Lipinski definition) is 1. The first-order valence-electron chi connectivity index (χ1n) is 8.98. The van der Waals surface area contributed by atoms with Crippen molar-refractivity contribution in [1.82, 2.24) is 24.5 Å². The fourth-order valence-electron chi connectivity index (χ4n) is 3.34. The minimum Gasteiger partial charge on any atom is -0.377 e. The molecule has 8 heteroatoms. The van der Waals surface area contributed by atoms with Gasteiger partial charge in [-0.25, -0.2) is 19.3 Å². The lowest BCUT2D eigenvalue weighted by atomic mass is 9.99. The molecule has 0 bridgehead atoms. The number of nitrogens with one attached hydrogen (secondary N) is 1. The molecule has 0 saturated carbocycles. The Balaban J connectivity index is 1.78. The second-order valence-electron chi connectivity index (χ2n) is 6.88. The molecule has 0 amide bonds. The molecule has 0 aliphatic rings. The first kappa shape index (κ1) is 18.2. The van der Waals surface area contributed by atoms with Gasteiger partial charge in [0, 0.05) is 54.0 Å². The number of carbonyl (C=O) groups excluding carboxylic acids is 1. The zero-order valence-corrected chi connectivity index (χ0v) is 15.8. The minimum absolute atomic E-state index is 0.0318. The van der Waals surface area contributed by atoms with Crippen LogP contribution in [0.3, 0.4) is 0 Å². The number of pyridine rings is 1. The van der Waals surface area contributed by atoms with Crippen LogP contribution in [0.1, 0.15) is 19.9 Å². The van der Waals surface area contributed by atoms with Crippen LogP contribution in [0.5, 0.6) is 0 Å². The van der Waals surface area contributed by atoms with Crippen molar-refractivity contribution in [2.24, 2.45) is 5.92 Å². The minimum atomic E-state index is -0.420. The fourth-order valence-corrected chi connectivity index (χ4v) is 3.34. The highest BCUT2D eigenvalue weighted by Gasteiger charge is 2.23. The maximum atomic E-state index is 13.6. The highest BCUT2D eigenvalue weighted by Crippen LogP contribution is 2.29. The van der Waals surface area contributed by atoms with Crippen LogP contribution in [0.2, 0.25) is 0 Å². The Kier molecular flexibility index (Phi) is 4.64. The van der Waals surface area contributed by atoms with Crippen molar-refractivity contribution in [3.8, 4) is 11.4 Å². The van der Waals surface area contributed by atoms with Gasteiger partial charge in [-0.2, -0.15) is 0 Å². The Morgan fingerprint density at radius 3 is 2.93 bits per heavy atom. The van der Waals surface area contributed by atoms with E-state index in [0.717, 1.165) is 11.6 Å². The Labute approximate surface area is 160 Å².